The number of nitrogens with two attached hydrogens (primary N) is 3. The van der Waals surface area contributed by atoms with Crippen molar-refractivity contribution < 1.29 is 14.4 Å². The Kier molecular flexibility index (Phi) is 12.1. The third-order valence-corrected chi connectivity index (χ3v) is 6.63. The predicted octanol–water partition coefficient (Wildman–Crippen LogP) is 2.20. The summed E-state index contributed by atoms with van der Waals surface area (Å²) >= 11 is 0. The minimum absolute atomic E-state index is 0.0124. The second-order valence-corrected chi connectivity index (χ2v) is 10.4. The number of nitrogens with zero attached hydrogens (tertiary/aromatic N) is 1. The fraction of sp³-hybridized carbons (Fsp3) is 0.312. The van der Waals surface area contributed by atoms with Gasteiger partial charge in [-0.1, -0.05) is 84.9 Å². The van der Waals surface area contributed by atoms with Crippen molar-refractivity contribution in [3.63, 3.8) is 0 Å². The molecule has 0 aliphatic rings. The lowest BCUT2D eigenvalue weighted by molar-refractivity contribution is -0.129. The van der Waals surface area contributed by atoms with Crippen LogP contribution in [0.25, 0.3) is 0 Å². The first-order valence-corrected chi connectivity index (χ1v) is 14.0. The lowest BCUT2D eigenvalue weighted by atomic mass is 9.90. The van der Waals surface area contributed by atoms with Crippen LogP contribution in [0.4, 0.5) is 0 Å². The van der Waals surface area contributed by atoms with Gasteiger partial charge in [-0.15, -0.1) is 0 Å². The van der Waals surface area contributed by atoms with Crippen LogP contribution in [0.15, 0.2) is 89.9 Å². The molecule has 0 heterocycles. The Labute approximate surface area is 247 Å². The van der Waals surface area contributed by atoms with E-state index in [2.05, 4.69) is 20.9 Å². The van der Waals surface area contributed by atoms with Crippen LogP contribution in [-0.4, -0.2) is 42.3 Å². The van der Waals surface area contributed by atoms with E-state index < -0.39 is 18.0 Å². The number of aliphatic imine (C=N–C) groups is 1. The van der Waals surface area contributed by atoms with Crippen LogP contribution in [-0.2, 0) is 20.9 Å². The highest BCUT2D eigenvalue weighted by Crippen LogP contribution is 2.25. The van der Waals surface area contributed by atoms with Crippen LogP contribution >= 0.6 is 0 Å². The molecule has 3 aromatic rings. The molecule has 10 heteroatoms. The summed E-state index contributed by atoms with van der Waals surface area (Å²) in [5.74, 6) is -1.49. The number of carbonyl (C=O) groups excluding carboxylic acids is 3. The largest absolute Gasteiger partial charge is 0.370 e. The minimum atomic E-state index is -0.811. The van der Waals surface area contributed by atoms with Crippen molar-refractivity contribution in [2.45, 2.75) is 57.3 Å². The quantitative estimate of drug-likeness (QED) is 0.0981. The maximum absolute atomic E-state index is 13.7. The zero-order chi connectivity index (χ0) is 30.5. The molecule has 2 atom stereocenters. The predicted molar refractivity (Wildman–Crippen MR) is 165 cm³/mol. The highest BCUT2D eigenvalue weighted by atomic mass is 16.2. The molecule has 0 bridgehead atoms. The Hall–Kier alpha value is -4.70. The molecule has 0 spiro atoms. The van der Waals surface area contributed by atoms with Gasteiger partial charge < -0.3 is 33.2 Å². The van der Waals surface area contributed by atoms with Gasteiger partial charge >= 0.3 is 0 Å². The van der Waals surface area contributed by atoms with Gasteiger partial charge in [-0.25, -0.2) is 0 Å². The lowest BCUT2D eigenvalue weighted by Gasteiger charge is -2.23. The third-order valence-electron chi connectivity index (χ3n) is 6.63. The van der Waals surface area contributed by atoms with Crippen LogP contribution in [0.5, 0.6) is 0 Å². The first-order chi connectivity index (χ1) is 20.2. The van der Waals surface area contributed by atoms with Crippen LogP contribution in [0, 0.1) is 0 Å². The van der Waals surface area contributed by atoms with E-state index in [0.29, 0.717) is 24.9 Å². The van der Waals surface area contributed by atoms with E-state index in [1.54, 1.807) is 12.1 Å². The van der Waals surface area contributed by atoms with Gasteiger partial charge in [-0.3, -0.25) is 19.4 Å². The molecule has 0 aliphatic heterocycles. The zero-order valence-corrected chi connectivity index (χ0v) is 24.1. The van der Waals surface area contributed by atoms with E-state index >= 15 is 0 Å². The maximum Gasteiger partial charge on any atom is 0.242 e. The zero-order valence-electron chi connectivity index (χ0n) is 24.1. The summed E-state index contributed by atoms with van der Waals surface area (Å²) in [7, 11) is 0. The summed E-state index contributed by atoms with van der Waals surface area (Å²) in [5.41, 5.74) is 20.1. The van der Waals surface area contributed by atoms with Gasteiger partial charge in [0, 0.05) is 19.1 Å². The number of hydrogen-bond acceptors (Lipinski definition) is 5. The van der Waals surface area contributed by atoms with Gasteiger partial charge in [0.15, 0.2) is 5.96 Å². The van der Waals surface area contributed by atoms with E-state index in [0.717, 1.165) is 16.7 Å². The molecule has 0 saturated carbocycles. The average Bonchev–Trinajstić information content (AvgIpc) is 2.98. The van der Waals surface area contributed by atoms with E-state index in [4.69, 9.17) is 17.2 Å². The van der Waals surface area contributed by atoms with Crippen molar-refractivity contribution in [2.75, 3.05) is 6.54 Å². The Morgan fingerprint density at radius 1 is 0.738 bits per heavy atom. The maximum atomic E-state index is 13.7. The Morgan fingerprint density at radius 3 is 1.83 bits per heavy atom. The van der Waals surface area contributed by atoms with Crippen molar-refractivity contribution in [1.82, 2.24) is 16.0 Å². The molecule has 3 amide bonds. The van der Waals surface area contributed by atoms with Gasteiger partial charge in [0.2, 0.25) is 17.7 Å². The van der Waals surface area contributed by atoms with Gasteiger partial charge in [0.1, 0.15) is 12.1 Å². The number of benzene rings is 3. The fourth-order valence-corrected chi connectivity index (χ4v) is 4.49. The van der Waals surface area contributed by atoms with Gasteiger partial charge in [0.05, 0.1) is 5.92 Å². The van der Waals surface area contributed by atoms with E-state index in [9.17, 15) is 14.4 Å². The summed E-state index contributed by atoms with van der Waals surface area (Å²) < 4.78 is 0. The molecule has 0 fully saturated rings. The summed E-state index contributed by atoms with van der Waals surface area (Å²) in [6.45, 7) is 4.30. The number of amides is 3. The van der Waals surface area contributed by atoms with Crippen LogP contribution in [0.1, 0.15) is 60.9 Å². The molecule has 10 nitrogen and oxygen atoms in total. The molecular formula is C32H41N7O3. The molecule has 3 rings (SSSR count). The molecule has 0 radical (unpaired) electrons. The second kappa shape index (κ2) is 15.9. The number of carbonyl (C=O) groups is 3. The SMILES string of the molecule is CC(C)NC(=O)C(N)c1ccc(CNC(=O)[C@@H](CCCN=C(N)N)NC(=O)C(c2ccccc2)c2ccccc2)cc1. The van der Waals surface area contributed by atoms with Crippen LogP contribution in [0.2, 0.25) is 0 Å². The van der Waals surface area contributed by atoms with Crippen molar-refractivity contribution in [3.05, 3.63) is 107 Å². The minimum Gasteiger partial charge on any atom is -0.370 e. The molecule has 3 aromatic carbocycles. The van der Waals surface area contributed by atoms with E-state index in [1.165, 1.54) is 0 Å². The van der Waals surface area contributed by atoms with Crippen molar-refractivity contribution in [1.29, 1.82) is 0 Å². The summed E-state index contributed by atoms with van der Waals surface area (Å²) in [6, 6.07) is 24.4. The molecule has 0 aromatic heterocycles. The molecule has 222 valence electrons. The third kappa shape index (κ3) is 9.74. The van der Waals surface area contributed by atoms with Gasteiger partial charge in [-0.05, 0) is 48.9 Å². The van der Waals surface area contributed by atoms with Gasteiger partial charge in [-0.2, -0.15) is 0 Å². The topological polar surface area (TPSA) is 178 Å². The second-order valence-electron chi connectivity index (χ2n) is 10.4. The van der Waals surface area contributed by atoms with Crippen molar-refractivity contribution in [3.8, 4) is 0 Å². The molecular weight excluding hydrogens is 530 g/mol. The molecule has 42 heavy (non-hydrogen) atoms. The lowest BCUT2D eigenvalue weighted by Crippen LogP contribution is -2.48. The number of nitrogens with one attached hydrogen (secondary N) is 3. The van der Waals surface area contributed by atoms with E-state index in [-0.39, 0.29) is 36.3 Å². The number of guanidine groups is 1. The standard InChI is InChI=1S/C32H41N7O3/c1-21(2)38-31(42)28(33)25-17-15-22(16-18-25)20-37-29(40)26(14-9-19-36-32(34)35)39-30(41)27(23-10-5-3-6-11-23)24-12-7-4-8-13-24/h3-8,10-13,15-18,21,26-28H,9,14,19-20,33H2,1-2H3,(H,37,40)(H,38,42)(H,39,41)(H4,34,35,36)/t26-,28?/m1/s1. The first kappa shape index (κ1) is 31.8. The Balaban J connectivity index is 1.72. The Morgan fingerprint density at radius 2 is 1.31 bits per heavy atom. The summed E-state index contributed by atoms with van der Waals surface area (Å²) in [4.78, 5) is 43.3. The molecule has 9 N–H and O–H groups in total. The van der Waals surface area contributed by atoms with E-state index in [1.807, 2.05) is 86.6 Å². The molecule has 0 saturated heterocycles. The highest BCUT2D eigenvalue weighted by molar-refractivity contribution is 5.92. The Bertz CT molecular complexity index is 1290. The van der Waals surface area contributed by atoms with Crippen LogP contribution in [0.3, 0.4) is 0 Å². The highest BCUT2D eigenvalue weighted by Gasteiger charge is 2.27. The molecule has 1 unspecified atom stereocenters. The van der Waals surface area contributed by atoms with Crippen molar-refractivity contribution in [2.24, 2.45) is 22.2 Å². The normalized spacial score (nSPS) is 12.3. The molecule has 0 aliphatic carbocycles. The number of hydrogen-bond donors (Lipinski definition) is 6. The van der Waals surface area contributed by atoms with Gasteiger partial charge in [0.25, 0.3) is 0 Å². The summed E-state index contributed by atoms with van der Waals surface area (Å²) in [6.07, 6.45) is 0.825. The summed E-state index contributed by atoms with van der Waals surface area (Å²) in [5, 5.41) is 8.69. The first-order valence-electron chi connectivity index (χ1n) is 14.0. The monoisotopic (exact) mass is 571 g/mol. The average molecular weight is 572 g/mol. The van der Waals surface area contributed by atoms with Crippen LogP contribution < -0.4 is 33.2 Å². The fourth-order valence-electron chi connectivity index (χ4n) is 4.49. The smallest absolute Gasteiger partial charge is 0.242 e. The number of rotatable bonds is 14. The van der Waals surface area contributed by atoms with Crippen molar-refractivity contribution >= 4 is 23.7 Å².